The fourth-order valence-electron chi connectivity index (χ4n) is 2.78. The molecule has 4 N–H and O–H groups in total. The molecule has 0 aliphatic rings. The number of fused-ring (bicyclic) bond motifs is 3. The molecule has 0 fully saturated rings. The average Bonchev–Trinajstić information content (AvgIpc) is 2.94. The summed E-state index contributed by atoms with van der Waals surface area (Å²) in [5.41, 5.74) is 14.2. The van der Waals surface area contributed by atoms with E-state index in [4.69, 9.17) is 11.5 Å². The topological polar surface area (TPSA) is 82.0 Å². The van der Waals surface area contributed by atoms with E-state index in [9.17, 15) is 4.79 Å². The fraction of sp³-hybridized carbons (Fsp3) is 0. The number of carbonyl (C=O) groups is 1. The molecular formula is C18H13N3OS. The normalized spacial score (nSPS) is 11.1. The van der Waals surface area contributed by atoms with Crippen LogP contribution in [0.25, 0.3) is 31.3 Å². The van der Waals surface area contributed by atoms with Gasteiger partial charge in [-0.05, 0) is 17.2 Å². The molecule has 112 valence electrons. The number of nitrogen functional groups attached to an aromatic ring is 1. The van der Waals surface area contributed by atoms with E-state index in [0.29, 0.717) is 11.4 Å². The van der Waals surface area contributed by atoms with Crippen molar-refractivity contribution in [3.05, 3.63) is 60.3 Å². The van der Waals surface area contributed by atoms with Crippen LogP contribution in [0.1, 0.15) is 10.4 Å². The lowest BCUT2D eigenvalue weighted by atomic mass is 10.0. The second-order valence-corrected chi connectivity index (χ2v) is 6.36. The molecule has 1 amide bonds. The van der Waals surface area contributed by atoms with Gasteiger partial charge in [0, 0.05) is 21.7 Å². The predicted octanol–water partition coefficient (Wildman–Crippen LogP) is 3.80. The van der Waals surface area contributed by atoms with Crippen molar-refractivity contribution >= 4 is 43.2 Å². The first-order valence-corrected chi connectivity index (χ1v) is 7.93. The first-order chi connectivity index (χ1) is 11.1. The molecule has 4 rings (SSSR count). The zero-order valence-electron chi connectivity index (χ0n) is 12.1. The summed E-state index contributed by atoms with van der Waals surface area (Å²) in [6.07, 6.45) is 1.45. The van der Waals surface area contributed by atoms with Crippen LogP contribution in [0.4, 0.5) is 5.82 Å². The van der Waals surface area contributed by atoms with Gasteiger partial charge in [-0.25, -0.2) is 4.98 Å². The number of anilines is 1. The molecule has 4 nitrogen and oxygen atoms in total. The third-order valence-corrected chi connectivity index (χ3v) is 5.08. The smallest absolute Gasteiger partial charge is 0.251 e. The number of aromatic nitrogens is 1. The second kappa shape index (κ2) is 5.07. The number of carbonyl (C=O) groups excluding carboxylic acids is 1. The number of nitrogens with two attached hydrogens (primary N) is 2. The quantitative estimate of drug-likeness (QED) is 0.589. The fourth-order valence-corrected chi connectivity index (χ4v) is 4.05. The van der Waals surface area contributed by atoms with E-state index < -0.39 is 5.91 Å². The number of primary amides is 1. The van der Waals surface area contributed by atoms with Gasteiger partial charge in [-0.1, -0.05) is 42.5 Å². The summed E-state index contributed by atoms with van der Waals surface area (Å²) in [6, 6.07) is 16.3. The highest BCUT2D eigenvalue weighted by atomic mass is 32.1. The van der Waals surface area contributed by atoms with E-state index in [0.717, 1.165) is 31.3 Å². The molecule has 0 saturated carbocycles. The van der Waals surface area contributed by atoms with Crippen molar-refractivity contribution in [1.82, 2.24) is 4.98 Å². The monoisotopic (exact) mass is 319 g/mol. The molecule has 0 bridgehead atoms. The SMILES string of the molecule is NC(=O)c1cnc(N)c2c1sc1cc(-c3ccccc3)ccc12. The van der Waals surface area contributed by atoms with Gasteiger partial charge in [0.15, 0.2) is 0 Å². The highest BCUT2D eigenvalue weighted by Gasteiger charge is 2.16. The molecule has 0 unspecified atom stereocenters. The van der Waals surface area contributed by atoms with Crippen LogP contribution < -0.4 is 11.5 Å². The Labute approximate surface area is 136 Å². The van der Waals surface area contributed by atoms with Crippen molar-refractivity contribution in [3.63, 3.8) is 0 Å². The Morgan fingerprint density at radius 2 is 1.83 bits per heavy atom. The van der Waals surface area contributed by atoms with E-state index >= 15 is 0 Å². The zero-order chi connectivity index (χ0) is 16.0. The van der Waals surface area contributed by atoms with Crippen molar-refractivity contribution in [2.24, 2.45) is 5.73 Å². The van der Waals surface area contributed by atoms with Crippen molar-refractivity contribution in [2.75, 3.05) is 5.73 Å². The molecule has 0 aliphatic heterocycles. The van der Waals surface area contributed by atoms with Gasteiger partial charge in [0.2, 0.25) is 0 Å². The van der Waals surface area contributed by atoms with Crippen LogP contribution in [0.2, 0.25) is 0 Å². The maximum absolute atomic E-state index is 11.6. The third kappa shape index (κ3) is 2.13. The van der Waals surface area contributed by atoms with E-state index in [2.05, 4.69) is 29.2 Å². The summed E-state index contributed by atoms with van der Waals surface area (Å²) in [4.78, 5) is 15.8. The van der Waals surface area contributed by atoms with Crippen LogP contribution in [0.3, 0.4) is 0 Å². The third-order valence-electron chi connectivity index (χ3n) is 3.90. The van der Waals surface area contributed by atoms with Crippen LogP contribution in [0, 0.1) is 0 Å². The Kier molecular flexibility index (Phi) is 3.02. The maximum atomic E-state index is 11.6. The summed E-state index contributed by atoms with van der Waals surface area (Å²) < 4.78 is 1.86. The largest absolute Gasteiger partial charge is 0.383 e. The van der Waals surface area contributed by atoms with E-state index in [-0.39, 0.29) is 0 Å². The number of hydrogen-bond donors (Lipinski definition) is 2. The molecule has 23 heavy (non-hydrogen) atoms. The molecular weight excluding hydrogens is 306 g/mol. The first-order valence-electron chi connectivity index (χ1n) is 7.11. The van der Waals surface area contributed by atoms with Crippen molar-refractivity contribution in [3.8, 4) is 11.1 Å². The summed E-state index contributed by atoms with van der Waals surface area (Å²) in [7, 11) is 0. The van der Waals surface area contributed by atoms with Crippen LogP contribution >= 0.6 is 11.3 Å². The van der Waals surface area contributed by atoms with Gasteiger partial charge >= 0.3 is 0 Å². The minimum absolute atomic E-state index is 0.414. The lowest BCUT2D eigenvalue weighted by molar-refractivity contribution is 0.100. The van der Waals surface area contributed by atoms with Gasteiger partial charge in [0.1, 0.15) is 5.82 Å². The minimum Gasteiger partial charge on any atom is -0.383 e. The van der Waals surface area contributed by atoms with E-state index in [1.54, 1.807) is 0 Å². The number of thiophene rings is 1. The molecule has 0 saturated heterocycles. The van der Waals surface area contributed by atoms with Crippen LogP contribution in [-0.2, 0) is 0 Å². The zero-order valence-corrected chi connectivity index (χ0v) is 12.9. The van der Waals surface area contributed by atoms with Crippen molar-refractivity contribution in [2.45, 2.75) is 0 Å². The number of benzene rings is 2. The van der Waals surface area contributed by atoms with Gasteiger partial charge < -0.3 is 11.5 Å². The molecule has 0 radical (unpaired) electrons. The molecule has 2 heterocycles. The molecule has 0 aliphatic carbocycles. The van der Waals surface area contributed by atoms with Crippen LogP contribution in [0.15, 0.2) is 54.7 Å². The van der Waals surface area contributed by atoms with Gasteiger partial charge in [0.25, 0.3) is 5.91 Å². The lowest BCUT2D eigenvalue weighted by Crippen LogP contribution is -2.11. The first kappa shape index (κ1) is 13.7. The molecule has 2 aromatic carbocycles. The molecule has 4 aromatic rings. The number of rotatable bonds is 2. The van der Waals surface area contributed by atoms with Gasteiger partial charge in [0.05, 0.1) is 10.3 Å². The molecule has 0 atom stereocenters. The Bertz CT molecular complexity index is 1050. The number of amides is 1. The van der Waals surface area contributed by atoms with Crippen molar-refractivity contribution in [1.29, 1.82) is 0 Å². The lowest BCUT2D eigenvalue weighted by Gasteiger charge is -2.02. The molecule has 2 aromatic heterocycles. The Morgan fingerprint density at radius 3 is 2.57 bits per heavy atom. The van der Waals surface area contributed by atoms with Crippen molar-refractivity contribution < 1.29 is 4.79 Å². The Morgan fingerprint density at radius 1 is 1.04 bits per heavy atom. The maximum Gasteiger partial charge on any atom is 0.251 e. The average molecular weight is 319 g/mol. The van der Waals surface area contributed by atoms with E-state index in [1.807, 2.05) is 24.3 Å². The standard InChI is InChI=1S/C18H13N3OS/c19-17-15-12-7-6-11(10-4-2-1-3-5-10)8-14(12)23-16(15)13(9-21-17)18(20)22/h1-9H,(H2,19,21)(H2,20,22). The molecule has 0 spiro atoms. The summed E-state index contributed by atoms with van der Waals surface area (Å²) in [5.74, 6) is -0.0685. The van der Waals surface area contributed by atoms with Crippen LogP contribution in [-0.4, -0.2) is 10.9 Å². The summed E-state index contributed by atoms with van der Waals surface area (Å²) in [6.45, 7) is 0. The van der Waals surface area contributed by atoms with Gasteiger partial charge in [-0.15, -0.1) is 11.3 Å². The predicted molar refractivity (Wildman–Crippen MR) is 95.5 cm³/mol. The van der Waals surface area contributed by atoms with Gasteiger partial charge in [-0.2, -0.15) is 0 Å². The summed E-state index contributed by atoms with van der Waals surface area (Å²) >= 11 is 1.52. The van der Waals surface area contributed by atoms with Gasteiger partial charge in [-0.3, -0.25) is 4.79 Å². The molecule has 5 heteroatoms. The highest BCUT2D eigenvalue weighted by molar-refractivity contribution is 7.26. The number of pyridine rings is 1. The number of hydrogen-bond acceptors (Lipinski definition) is 4. The van der Waals surface area contributed by atoms with Crippen LogP contribution in [0.5, 0.6) is 0 Å². The highest BCUT2D eigenvalue weighted by Crippen LogP contribution is 2.39. The summed E-state index contributed by atoms with van der Waals surface area (Å²) in [5, 5.41) is 1.80. The minimum atomic E-state index is -0.489. The second-order valence-electron chi connectivity index (χ2n) is 5.30. The Hall–Kier alpha value is -2.92. The Balaban J connectivity index is 2.04. The number of nitrogens with zero attached hydrogens (tertiary/aromatic N) is 1. The van der Waals surface area contributed by atoms with E-state index in [1.165, 1.54) is 17.5 Å².